The lowest BCUT2D eigenvalue weighted by Gasteiger charge is -2.12. The van der Waals surface area contributed by atoms with Gasteiger partial charge in [-0.05, 0) is 49.1 Å². The molecule has 1 aliphatic carbocycles. The van der Waals surface area contributed by atoms with Crippen molar-refractivity contribution in [2.75, 3.05) is 18.5 Å². The minimum atomic E-state index is 0.550. The van der Waals surface area contributed by atoms with Crippen LogP contribution in [0.4, 0.5) is 5.69 Å². The topological polar surface area (TPSA) is 29.0 Å². The average molecular weight is 286 g/mol. The van der Waals surface area contributed by atoms with Gasteiger partial charge in [0.1, 0.15) is 5.15 Å². The zero-order valence-electron chi connectivity index (χ0n) is 11.4. The highest BCUT2D eigenvalue weighted by molar-refractivity contribution is 6.29. The number of nitrogens with zero attached hydrogens (tertiary/aromatic N) is 3. The van der Waals surface area contributed by atoms with Crippen LogP contribution < -0.4 is 4.90 Å². The third-order valence-corrected chi connectivity index (χ3v) is 4.37. The number of likely N-dealkylation sites (N-methyl/N-ethyl adjacent to an activating group) is 1. The zero-order chi connectivity index (χ0) is 13.7. The molecule has 0 saturated heterocycles. The first-order valence-electron chi connectivity index (χ1n) is 7.09. The predicted molar refractivity (Wildman–Crippen MR) is 81.4 cm³/mol. The molecular formula is C16H16ClN3. The first-order chi connectivity index (χ1) is 9.70. The molecule has 1 fully saturated rings. The van der Waals surface area contributed by atoms with Crippen LogP contribution >= 0.6 is 11.6 Å². The monoisotopic (exact) mass is 285 g/mol. The first-order valence-corrected chi connectivity index (χ1v) is 7.47. The quantitative estimate of drug-likeness (QED) is 0.789. The summed E-state index contributed by atoms with van der Waals surface area (Å²) in [6.45, 7) is 1.09. The SMILES string of the molecule is CN1CCc2cc(-c3nc(Cl)cc(C4CC4)n3)ccc21. The summed E-state index contributed by atoms with van der Waals surface area (Å²) in [6, 6.07) is 8.38. The Morgan fingerprint density at radius 2 is 2.05 bits per heavy atom. The molecule has 0 spiro atoms. The summed E-state index contributed by atoms with van der Waals surface area (Å²) < 4.78 is 0. The van der Waals surface area contributed by atoms with Gasteiger partial charge in [-0.1, -0.05) is 11.6 Å². The summed E-state index contributed by atoms with van der Waals surface area (Å²) in [7, 11) is 2.13. The van der Waals surface area contributed by atoms with Gasteiger partial charge in [-0.3, -0.25) is 0 Å². The molecule has 1 aromatic carbocycles. The maximum atomic E-state index is 6.15. The summed E-state index contributed by atoms with van der Waals surface area (Å²) in [4.78, 5) is 11.4. The molecule has 20 heavy (non-hydrogen) atoms. The lowest BCUT2D eigenvalue weighted by atomic mass is 10.1. The maximum Gasteiger partial charge on any atom is 0.161 e. The number of fused-ring (bicyclic) bond motifs is 1. The van der Waals surface area contributed by atoms with Crippen LogP contribution in [0.25, 0.3) is 11.4 Å². The third-order valence-electron chi connectivity index (χ3n) is 4.18. The minimum absolute atomic E-state index is 0.550. The Morgan fingerprint density at radius 3 is 2.85 bits per heavy atom. The fourth-order valence-electron chi connectivity index (χ4n) is 2.86. The largest absolute Gasteiger partial charge is 0.374 e. The van der Waals surface area contributed by atoms with Crippen LogP contribution in [0.2, 0.25) is 5.15 Å². The molecular weight excluding hydrogens is 270 g/mol. The van der Waals surface area contributed by atoms with Crippen LogP contribution in [0.1, 0.15) is 30.0 Å². The van der Waals surface area contributed by atoms with Gasteiger partial charge in [-0.15, -0.1) is 0 Å². The molecule has 0 unspecified atom stereocenters. The van der Waals surface area contributed by atoms with Crippen molar-refractivity contribution in [2.24, 2.45) is 0 Å². The highest BCUT2D eigenvalue weighted by Crippen LogP contribution is 2.40. The minimum Gasteiger partial charge on any atom is -0.374 e. The van der Waals surface area contributed by atoms with Crippen LogP contribution in [-0.4, -0.2) is 23.6 Å². The fourth-order valence-corrected chi connectivity index (χ4v) is 3.05. The third kappa shape index (κ3) is 2.06. The molecule has 102 valence electrons. The molecule has 0 N–H and O–H groups in total. The molecule has 4 rings (SSSR count). The molecule has 0 atom stereocenters. The second-order valence-corrected chi connectivity index (χ2v) is 6.12. The molecule has 0 radical (unpaired) electrons. The van der Waals surface area contributed by atoms with Gasteiger partial charge in [0.2, 0.25) is 0 Å². The van der Waals surface area contributed by atoms with Crippen molar-refractivity contribution in [3.8, 4) is 11.4 Å². The van der Waals surface area contributed by atoms with Crippen molar-refractivity contribution in [2.45, 2.75) is 25.2 Å². The first kappa shape index (κ1) is 12.2. The summed E-state index contributed by atoms with van der Waals surface area (Å²) >= 11 is 6.15. The van der Waals surface area contributed by atoms with E-state index in [9.17, 15) is 0 Å². The Bertz CT molecular complexity index is 679. The van der Waals surface area contributed by atoms with E-state index in [4.69, 9.17) is 16.6 Å². The van der Waals surface area contributed by atoms with Gasteiger partial charge in [0.15, 0.2) is 5.82 Å². The summed E-state index contributed by atoms with van der Waals surface area (Å²) in [5.41, 5.74) is 4.86. The van der Waals surface area contributed by atoms with E-state index in [-0.39, 0.29) is 0 Å². The Hall–Kier alpha value is -1.61. The number of halogens is 1. The molecule has 3 nitrogen and oxygen atoms in total. The van der Waals surface area contributed by atoms with Gasteiger partial charge in [0.05, 0.1) is 0 Å². The van der Waals surface area contributed by atoms with Crippen LogP contribution in [0.3, 0.4) is 0 Å². The van der Waals surface area contributed by atoms with Crippen LogP contribution in [0, 0.1) is 0 Å². The van der Waals surface area contributed by atoms with Gasteiger partial charge in [-0.2, -0.15) is 0 Å². The Kier molecular flexibility index (Phi) is 2.71. The van der Waals surface area contributed by atoms with Gasteiger partial charge in [0, 0.05) is 36.5 Å². The van der Waals surface area contributed by atoms with E-state index in [1.165, 1.54) is 24.1 Å². The van der Waals surface area contributed by atoms with Crippen LogP contribution in [-0.2, 0) is 6.42 Å². The lowest BCUT2D eigenvalue weighted by molar-refractivity contribution is 0.956. The molecule has 0 bridgehead atoms. The smallest absolute Gasteiger partial charge is 0.161 e. The van der Waals surface area contributed by atoms with Gasteiger partial charge in [-0.25, -0.2) is 9.97 Å². The molecule has 1 aliphatic heterocycles. The molecule has 1 aromatic heterocycles. The number of hydrogen-bond acceptors (Lipinski definition) is 3. The van der Waals surface area contributed by atoms with Gasteiger partial charge < -0.3 is 4.90 Å². The molecule has 4 heteroatoms. The van der Waals surface area contributed by atoms with E-state index >= 15 is 0 Å². The second kappa shape index (κ2) is 4.45. The molecule has 0 amide bonds. The van der Waals surface area contributed by atoms with Crippen molar-refractivity contribution in [1.29, 1.82) is 0 Å². The van der Waals surface area contributed by atoms with E-state index in [0.717, 1.165) is 30.0 Å². The number of benzene rings is 1. The molecule has 2 aromatic rings. The Balaban J connectivity index is 1.77. The van der Waals surface area contributed by atoms with E-state index in [1.54, 1.807) is 0 Å². The van der Waals surface area contributed by atoms with Crippen molar-refractivity contribution in [1.82, 2.24) is 9.97 Å². The fraction of sp³-hybridized carbons (Fsp3) is 0.375. The normalized spacial score (nSPS) is 17.4. The molecule has 1 saturated carbocycles. The number of aromatic nitrogens is 2. The molecule has 2 heterocycles. The zero-order valence-corrected chi connectivity index (χ0v) is 12.2. The average Bonchev–Trinajstić information content (AvgIpc) is 3.23. The standard InChI is InChI=1S/C16H16ClN3/c1-20-7-6-11-8-12(4-5-14(11)20)16-18-13(10-2-3-10)9-15(17)19-16/h4-5,8-10H,2-3,6-7H2,1H3. The van der Waals surface area contributed by atoms with Crippen molar-refractivity contribution >= 4 is 17.3 Å². The highest BCUT2D eigenvalue weighted by atomic mass is 35.5. The second-order valence-electron chi connectivity index (χ2n) is 5.73. The maximum absolute atomic E-state index is 6.15. The number of anilines is 1. The number of rotatable bonds is 2. The van der Waals surface area contributed by atoms with Crippen LogP contribution in [0.5, 0.6) is 0 Å². The van der Waals surface area contributed by atoms with E-state index in [1.807, 2.05) is 6.07 Å². The van der Waals surface area contributed by atoms with Gasteiger partial charge >= 0.3 is 0 Å². The van der Waals surface area contributed by atoms with E-state index in [2.05, 4.69) is 35.1 Å². The lowest BCUT2D eigenvalue weighted by Crippen LogP contribution is -2.12. The van der Waals surface area contributed by atoms with Crippen molar-refractivity contribution in [3.63, 3.8) is 0 Å². The van der Waals surface area contributed by atoms with Crippen molar-refractivity contribution < 1.29 is 0 Å². The Labute approximate surface area is 123 Å². The summed E-state index contributed by atoms with van der Waals surface area (Å²) in [5, 5.41) is 0.550. The summed E-state index contributed by atoms with van der Waals surface area (Å²) in [6.07, 6.45) is 3.54. The van der Waals surface area contributed by atoms with Gasteiger partial charge in [0.25, 0.3) is 0 Å². The predicted octanol–water partition coefficient (Wildman–Crippen LogP) is 3.67. The molecule has 2 aliphatic rings. The number of hydrogen-bond donors (Lipinski definition) is 0. The van der Waals surface area contributed by atoms with Crippen molar-refractivity contribution in [3.05, 3.63) is 40.7 Å². The van der Waals surface area contributed by atoms with Crippen LogP contribution in [0.15, 0.2) is 24.3 Å². The van der Waals surface area contributed by atoms with E-state index in [0.29, 0.717) is 11.1 Å². The Morgan fingerprint density at radius 1 is 1.20 bits per heavy atom. The highest BCUT2D eigenvalue weighted by Gasteiger charge is 2.26. The van der Waals surface area contributed by atoms with E-state index < -0.39 is 0 Å². The summed E-state index contributed by atoms with van der Waals surface area (Å²) in [5.74, 6) is 1.35.